The lowest BCUT2D eigenvalue weighted by atomic mass is 9.84. The van der Waals surface area contributed by atoms with Crippen LogP contribution >= 0.6 is 11.6 Å². The monoisotopic (exact) mass is 573 g/mol. The lowest BCUT2D eigenvalue weighted by molar-refractivity contribution is 0.0118. The molecule has 2 N–H and O–H groups in total. The number of aliphatic hydroxyl groups is 1. The molecule has 9 nitrogen and oxygen atoms in total. The zero-order chi connectivity index (χ0) is 28.6. The van der Waals surface area contributed by atoms with Crippen LogP contribution in [0.4, 0.5) is 17.3 Å². The van der Waals surface area contributed by atoms with E-state index in [1.54, 1.807) is 4.52 Å². The van der Waals surface area contributed by atoms with Crippen molar-refractivity contribution in [1.82, 2.24) is 24.4 Å². The van der Waals surface area contributed by atoms with Crippen LogP contribution in [0, 0.1) is 0 Å². The maximum Gasteiger partial charge on any atom is 0.253 e. The van der Waals surface area contributed by atoms with Gasteiger partial charge in [0, 0.05) is 48.6 Å². The van der Waals surface area contributed by atoms with Gasteiger partial charge in [-0.3, -0.25) is 4.79 Å². The van der Waals surface area contributed by atoms with E-state index in [4.69, 9.17) is 16.6 Å². The summed E-state index contributed by atoms with van der Waals surface area (Å²) in [6.45, 7) is 3.41. The SMILES string of the molecule is CN1CCC(N(C)C(=O)c2ccc(Nc3nc4c(N5CCC(O)(c6ccc(Cl)cc6)CC5)cccn4n3)cc2)CC1. The van der Waals surface area contributed by atoms with Crippen LogP contribution in [0.3, 0.4) is 0 Å². The predicted octanol–water partition coefficient (Wildman–Crippen LogP) is 4.78. The van der Waals surface area contributed by atoms with Gasteiger partial charge in [-0.15, -0.1) is 5.10 Å². The Morgan fingerprint density at radius 1 is 1.02 bits per heavy atom. The second kappa shape index (κ2) is 11.3. The summed E-state index contributed by atoms with van der Waals surface area (Å²) in [4.78, 5) is 24.3. The second-order valence-corrected chi connectivity index (χ2v) is 11.7. The van der Waals surface area contributed by atoms with Gasteiger partial charge < -0.3 is 25.1 Å². The van der Waals surface area contributed by atoms with Crippen molar-refractivity contribution in [1.29, 1.82) is 0 Å². The molecule has 6 rings (SSSR count). The number of benzene rings is 2. The number of halogens is 1. The summed E-state index contributed by atoms with van der Waals surface area (Å²) in [7, 11) is 4.03. The summed E-state index contributed by atoms with van der Waals surface area (Å²) in [5, 5.41) is 19.9. The first-order chi connectivity index (χ1) is 19.8. The molecule has 2 aromatic heterocycles. The van der Waals surface area contributed by atoms with Crippen LogP contribution in [-0.2, 0) is 5.60 Å². The number of fused-ring (bicyclic) bond motifs is 1. The molecular formula is C31H36ClN7O2. The van der Waals surface area contributed by atoms with Crippen LogP contribution < -0.4 is 10.2 Å². The van der Waals surface area contributed by atoms with Crippen molar-refractivity contribution < 1.29 is 9.90 Å². The molecular weight excluding hydrogens is 538 g/mol. The summed E-state index contributed by atoms with van der Waals surface area (Å²) >= 11 is 6.04. The Balaban J connectivity index is 1.12. The number of nitrogens with one attached hydrogen (secondary N) is 1. The first-order valence-electron chi connectivity index (χ1n) is 14.2. The minimum Gasteiger partial charge on any atom is -0.385 e. The van der Waals surface area contributed by atoms with Gasteiger partial charge in [0.05, 0.1) is 11.3 Å². The van der Waals surface area contributed by atoms with Crippen molar-refractivity contribution in [2.45, 2.75) is 37.3 Å². The van der Waals surface area contributed by atoms with Crippen LogP contribution in [0.5, 0.6) is 0 Å². The number of likely N-dealkylation sites (tertiary alicyclic amines) is 1. The molecule has 0 unspecified atom stereocenters. The molecule has 0 aliphatic carbocycles. The highest BCUT2D eigenvalue weighted by Gasteiger charge is 2.34. The number of hydrogen-bond acceptors (Lipinski definition) is 7. The molecule has 2 aliphatic heterocycles. The average Bonchev–Trinajstić information content (AvgIpc) is 3.41. The lowest BCUT2D eigenvalue weighted by Crippen LogP contribution is -2.44. The Labute approximate surface area is 245 Å². The van der Waals surface area contributed by atoms with Crippen LogP contribution in [0.2, 0.25) is 5.02 Å². The van der Waals surface area contributed by atoms with Gasteiger partial charge >= 0.3 is 0 Å². The van der Waals surface area contributed by atoms with Gasteiger partial charge in [0.15, 0.2) is 5.65 Å². The standard InChI is InChI=1S/C31H36ClN7O2/c1-36-18-13-26(14-19-36)37(2)29(40)22-5-11-25(12-6-22)33-30-34-28-27(4-3-17-39(28)35-30)38-20-15-31(41,16-21-38)23-7-9-24(32)10-8-23/h3-12,17,26,41H,13-16,18-21H2,1-2H3,(H,33,35). The Kier molecular flexibility index (Phi) is 7.59. The molecule has 2 aliphatic rings. The first kappa shape index (κ1) is 27.5. The van der Waals surface area contributed by atoms with Crippen LogP contribution in [0.15, 0.2) is 66.9 Å². The van der Waals surface area contributed by atoms with Gasteiger partial charge in [-0.05, 0) is 99.9 Å². The third-order valence-corrected chi connectivity index (χ3v) is 8.85. The summed E-state index contributed by atoms with van der Waals surface area (Å²) < 4.78 is 1.77. The van der Waals surface area contributed by atoms with Crippen molar-refractivity contribution >= 4 is 40.5 Å². The van der Waals surface area contributed by atoms with E-state index >= 15 is 0 Å². The van der Waals surface area contributed by atoms with Gasteiger partial charge in [-0.1, -0.05) is 23.7 Å². The highest BCUT2D eigenvalue weighted by molar-refractivity contribution is 6.30. The van der Waals surface area contributed by atoms with E-state index in [9.17, 15) is 9.90 Å². The fourth-order valence-corrected chi connectivity index (χ4v) is 6.06. The van der Waals surface area contributed by atoms with Gasteiger partial charge in [0.2, 0.25) is 5.95 Å². The predicted molar refractivity (Wildman–Crippen MR) is 162 cm³/mol. The Hall–Kier alpha value is -3.66. The number of hydrogen-bond donors (Lipinski definition) is 2. The Morgan fingerprint density at radius 2 is 1.71 bits per heavy atom. The minimum atomic E-state index is -0.873. The summed E-state index contributed by atoms with van der Waals surface area (Å²) in [5.41, 5.74) is 3.23. The molecule has 41 heavy (non-hydrogen) atoms. The number of carbonyl (C=O) groups is 1. The van der Waals surface area contributed by atoms with Crippen molar-refractivity contribution in [3.8, 4) is 0 Å². The van der Waals surface area contributed by atoms with Crippen LogP contribution in [0.25, 0.3) is 5.65 Å². The number of amides is 1. The highest BCUT2D eigenvalue weighted by Crippen LogP contribution is 2.36. The molecule has 2 fully saturated rings. The fraction of sp³-hybridized carbons (Fsp3) is 0.387. The molecule has 0 bridgehead atoms. The van der Waals surface area contributed by atoms with Crippen molar-refractivity contribution in [3.63, 3.8) is 0 Å². The number of nitrogens with zero attached hydrogens (tertiary/aromatic N) is 6. The zero-order valence-corrected chi connectivity index (χ0v) is 24.3. The minimum absolute atomic E-state index is 0.0473. The number of anilines is 3. The smallest absolute Gasteiger partial charge is 0.253 e. The summed E-state index contributed by atoms with van der Waals surface area (Å²) in [6.07, 6.45) is 5.09. The average molecular weight is 574 g/mol. The van der Waals surface area contributed by atoms with Gasteiger partial charge in [0.25, 0.3) is 5.91 Å². The maximum atomic E-state index is 13.1. The fourth-order valence-electron chi connectivity index (χ4n) is 5.94. The molecule has 4 heterocycles. The Morgan fingerprint density at radius 3 is 2.39 bits per heavy atom. The van der Waals surface area contributed by atoms with Crippen LogP contribution in [-0.4, -0.2) is 81.7 Å². The molecule has 2 saturated heterocycles. The highest BCUT2D eigenvalue weighted by atomic mass is 35.5. The molecule has 10 heteroatoms. The van der Waals surface area contributed by atoms with E-state index in [0.29, 0.717) is 42.5 Å². The number of pyridine rings is 1. The molecule has 0 radical (unpaired) electrons. The molecule has 0 saturated carbocycles. The Bertz CT molecular complexity index is 1510. The van der Waals surface area contributed by atoms with E-state index in [2.05, 4.69) is 27.3 Å². The topological polar surface area (TPSA) is 89.2 Å². The van der Waals surface area contributed by atoms with E-state index in [1.165, 1.54) is 0 Å². The largest absolute Gasteiger partial charge is 0.385 e. The lowest BCUT2D eigenvalue weighted by Gasteiger charge is -2.39. The van der Waals surface area contributed by atoms with Crippen LogP contribution in [0.1, 0.15) is 41.6 Å². The van der Waals surface area contributed by atoms with E-state index in [1.807, 2.05) is 78.8 Å². The molecule has 2 aromatic carbocycles. The summed E-state index contributed by atoms with van der Waals surface area (Å²) in [5.74, 6) is 0.528. The number of rotatable bonds is 6. The molecule has 0 atom stereocenters. The number of piperidine rings is 2. The summed E-state index contributed by atoms with van der Waals surface area (Å²) in [6, 6.07) is 19.2. The van der Waals surface area contributed by atoms with Gasteiger partial charge in [-0.2, -0.15) is 4.98 Å². The van der Waals surface area contributed by atoms with E-state index in [0.717, 1.165) is 48.5 Å². The molecule has 0 spiro atoms. The molecule has 1 amide bonds. The van der Waals surface area contributed by atoms with Crippen molar-refractivity contribution in [2.75, 3.05) is 50.5 Å². The normalized spacial score (nSPS) is 18.0. The van der Waals surface area contributed by atoms with Gasteiger partial charge in [0.1, 0.15) is 0 Å². The van der Waals surface area contributed by atoms with E-state index < -0.39 is 5.60 Å². The quantitative estimate of drug-likeness (QED) is 0.343. The maximum absolute atomic E-state index is 13.1. The third kappa shape index (κ3) is 5.75. The number of carbonyl (C=O) groups excluding carboxylic acids is 1. The third-order valence-electron chi connectivity index (χ3n) is 8.60. The van der Waals surface area contributed by atoms with Crippen molar-refractivity contribution in [2.24, 2.45) is 0 Å². The first-order valence-corrected chi connectivity index (χ1v) is 14.6. The second-order valence-electron chi connectivity index (χ2n) is 11.3. The molecule has 4 aromatic rings. The molecule has 214 valence electrons. The van der Waals surface area contributed by atoms with Crippen molar-refractivity contribution in [3.05, 3.63) is 83.0 Å². The zero-order valence-electron chi connectivity index (χ0n) is 23.5. The van der Waals surface area contributed by atoms with Gasteiger partial charge in [-0.25, -0.2) is 4.52 Å². The number of aromatic nitrogens is 3. The van der Waals surface area contributed by atoms with E-state index in [-0.39, 0.29) is 11.9 Å².